The lowest BCUT2D eigenvalue weighted by molar-refractivity contribution is 0.578. The summed E-state index contributed by atoms with van der Waals surface area (Å²) < 4.78 is 0. The van der Waals surface area contributed by atoms with Crippen molar-refractivity contribution in [1.82, 2.24) is 0 Å². The minimum atomic E-state index is 0.697. The number of anilines is 1. The average Bonchev–Trinajstić information content (AvgIpc) is 2.41. The van der Waals surface area contributed by atoms with E-state index in [0.717, 1.165) is 6.42 Å². The van der Waals surface area contributed by atoms with E-state index in [0.29, 0.717) is 5.88 Å². The number of nitrogens with zero attached hydrogens (tertiary/aromatic N) is 1. The summed E-state index contributed by atoms with van der Waals surface area (Å²) >= 11 is 5.66. The van der Waals surface area contributed by atoms with Crippen molar-refractivity contribution in [1.29, 1.82) is 0 Å². The monoisotopic (exact) mass is 249 g/mol. The number of piperidine rings is 1. The molecule has 0 amide bonds. The molecule has 0 bridgehead atoms. The third-order valence-electron chi connectivity index (χ3n) is 3.18. The van der Waals surface area contributed by atoms with Gasteiger partial charge in [-0.15, -0.1) is 11.6 Å². The normalized spacial score (nSPS) is 16.6. The van der Waals surface area contributed by atoms with Gasteiger partial charge in [0, 0.05) is 24.7 Å². The van der Waals surface area contributed by atoms with Crippen LogP contribution in [-0.4, -0.2) is 19.0 Å². The molecule has 0 spiro atoms. The van der Waals surface area contributed by atoms with Crippen LogP contribution in [0.1, 0.15) is 31.2 Å². The van der Waals surface area contributed by atoms with Crippen LogP contribution in [0.25, 0.3) is 6.08 Å². The van der Waals surface area contributed by atoms with Gasteiger partial charge in [-0.05, 0) is 43.4 Å². The van der Waals surface area contributed by atoms with E-state index in [1.807, 2.05) is 0 Å². The lowest BCUT2D eigenvalue weighted by Gasteiger charge is -2.29. The number of halogens is 1. The fourth-order valence-corrected chi connectivity index (χ4v) is 2.39. The molecule has 1 aliphatic heterocycles. The van der Waals surface area contributed by atoms with Crippen LogP contribution in [0.3, 0.4) is 0 Å². The summed E-state index contributed by atoms with van der Waals surface area (Å²) in [6.07, 6.45) is 9.28. The van der Waals surface area contributed by atoms with Crippen molar-refractivity contribution >= 4 is 23.4 Å². The largest absolute Gasteiger partial charge is 0.372 e. The molecule has 1 saturated heterocycles. The van der Waals surface area contributed by atoms with E-state index in [9.17, 15) is 0 Å². The van der Waals surface area contributed by atoms with Gasteiger partial charge in [-0.25, -0.2) is 0 Å². The van der Waals surface area contributed by atoms with E-state index in [-0.39, 0.29) is 0 Å². The van der Waals surface area contributed by atoms with Gasteiger partial charge in [0.1, 0.15) is 0 Å². The number of alkyl halides is 1. The Morgan fingerprint density at radius 2 is 2.00 bits per heavy atom. The van der Waals surface area contributed by atoms with E-state index >= 15 is 0 Å². The highest BCUT2D eigenvalue weighted by Crippen LogP contribution is 2.21. The Morgan fingerprint density at radius 1 is 1.18 bits per heavy atom. The topological polar surface area (TPSA) is 3.24 Å². The smallest absolute Gasteiger partial charge is 0.0372 e. The molecule has 0 aliphatic carbocycles. The number of hydrogen-bond donors (Lipinski definition) is 0. The first-order valence-electron chi connectivity index (χ1n) is 6.47. The lowest BCUT2D eigenvalue weighted by Crippen LogP contribution is -2.29. The van der Waals surface area contributed by atoms with Gasteiger partial charge in [0.05, 0.1) is 0 Å². The molecule has 92 valence electrons. The Morgan fingerprint density at radius 3 is 2.76 bits per heavy atom. The molecule has 1 heterocycles. The summed E-state index contributed by atoms with van der Waals surface area (Å²) in [5, 5.41) is 0. The molecule has 0 N–H and O–H groups in total. The summed E-state index contributed by atoms with van der Waals surface area (Å²) in [6, 6.07) is 8.78. The van der Waals surface area contributed by atoms with Crippen LogP contribution >= 0.6 is 11.6 Å². The zero-order valence-electron chi connectivity index (χ0n) is 10.2. The van der Waals surface area contributed by atoms with Gasteiger partial charge in [-0.1, -0.05) is 24.3 Å². The van der Waals surface area contributed by atoms with Gasteiger partial charge < -0.3 is 4.90 Å². The van der Waals surface area contributed by atoms with E-state index < -0.39 is 0 Å². The second kappa shape index (κ2) is 6.70. The zero-order valence-corrected chi connectivity index (χ0v) is 11.0. The minimum Gasteiger partial charge on any atom is -0.372 e. The maximum Gasteiger partial charge on any atom is 0.0372 e. The fourth-order valence-electron chi connectivity index (χ4n) is 2.26. The van der Waals surface area contributed by atoms with Gasteiger partial charge in [0.25, 0.3) is 0 Å². The van der Waals surface area contributed by atoms with E-state index in [1.54, 1.807) is 0 Å². The highest BCUT2D eigenvalue weighted by molar-refractivity contribution is 6.17. The van der Waals surface area contributed by atoms with Crippen LogP contribution in [-0.2, 0) is 0 Å². The second-order valence-electron chi connectivity index (χ2n) is 4.52. The molecule has 2 heteroatoms. The van der Waals surface area contributed by atoms with Crippen LogP contribution < -0.4 is 4.90 Å². The fraction of sp³-hybridized carbons (Fsp3) is 0.467. The Kier molecular flexibility index (Phi) is 4.93. The van der Waals surface area contributed by atoms with Crippen molar-refractivity contribution in [2.24, 2.45) is 0 Å². The Labute approximate surface area is 109 Å². The molecular formula is C15H20ClN. The number of allylic oxidation sites excluding steroid dienone is 1. The van der Waals surface area contributed by atoms with E-state index in [4.69, 9.17) is 11.6 Å². The van der Waals surface area contributed by atoms with E-state index in [1.165, 1.54) is 43.6 Å². The molecule has 2 rings (SSSR count). The van der Waals surface area contributed by atoms with Crippen LogP contribution in [0.2, 0.25) is 0 Å². The van der Waals surface area contributed by atoms with Gasteiger partial charge in [-0.2, -0.15) is 0 Å². The second-order valence-corrected chi connectivity index (χ2v) is 4.90. The molecular weight excluding hydrogens is 230 g/mol. The van der Waals surface area contributed by atoms with Crippen molar-refractivity contribution in [2.45, 2.75) is 25.7 Å². The Balaban J connectivity index is 2.05. The molecule has 0 radical (unpaired) electrons. The number of rotatable bonds is 4. The first-order chi connectivity index (χ1) is 8.40. The van der Waals surface area contributed by atoms with Crippen molar-refractivity contribution < 1.29 is 0 Å². The minimum absolute atomic E-state index is 0.697. The van der Waals surface area contributed by atoms with Crippen molar-refractivity contribution in [2.75, 3.05) is 23.9 Å². The molecule has 17 heavy (non-hydrogen) atoms. The summed E-state index contributed by atoms with van der Waals surface area (Å²) in [7, 11) is 0. The van der Waals surface area contributed by atoms with Crippen LogP contribution in [0.5, 0.6) is 0 Å². The maximum atomic E-state index is 5.66. The van der Waals surface area contributed by atoms with Gasteiger partial charge in [0.2, 0.25) is 0 Å². The molecule has 0 aromatic heterocycles. The van der Waals surface area contributed by atoms with Gasteiger partial charge in [0.15, 0.2) is 0 Å². The summed E-state index contributed by atoms with van der Waals surface area (Å²) in [5.41, 5.74) is 2.64. The van der Waals surface area contributed by atoms with Crippen molar-refractivity contribution in [3.05, 3.63) is 35.9 Å². The quantitative estimate of drug-likeness (QED) is 0.719. The highest BCUT2D eigenvalue weighted by atomic mass is 35.5. The third-order valence-corrected chi connectivity index (χ3v) is 3.40. The summed E-state index contributed by atoms with van der Waals surface area (Å²) in [4.78, 5) is 2.49. The summed E-state index contributed by atoms with van der Waals surface area (Å²) in [5.74, 6) is 0.697. The predicted octanol–water partition coefficient (Wildman–Crippen LogP) is 4.32. The van der Waals surface area contributed by atoms with Crippen LogP contribution in [0.15, 0.2) is 30.3 Å². The molecule has 0 atom stereocenters. The molecule has 1 fully saturated rings. The average molecular weight is 250 g/mol. The Hall–Kier alpha value is -0.950. The molecule has 0 saturated carbocycles. The SMILES string of the molecule is ClCCC=Cc1cccc(N2CCCCC2)c1. The zero-order chi connectivity index (χ0) is 11.9. The lowest BCUT2D eigenvalue weighted by atomic mass is 10.1. The van der Waals surface area contributed by atoms with Gasteiger partial charge >= 0.3 is 0 Å². The van der Waals surface area contributed by atoms with Crippen molar-refractivity contribution in [3.63, 3.8) is 0 Å². The Bertz CT molecular complexity index is 367. The van der Waals surface area contributed by atoms with Gasteiger partial charge in [-0.3, -0.25) is 0 Å². The first kappa shape index (κ1) is 12.5. The third kappa shape index (κ3) is 3.78. The molecule has 1 aromatic carbocycles. The summed E-state index contributed by atoms with van der Waals surface area (Å²) in [6.45, 7) is 2.41. The molecule has 0 unspecified atom stereocenters. The first-order valence-corrected chi connectivity index (χ1v) is 7.01. The number of benzene rings is 1. The van der Waals surface area contributed by atoms with E-state index in [2.05, 4.69) is 41.3 Å². The standard InChI is InChI=1S/C15H20ClN/c16-10-3-2-7-14-8-6-9-15(13-14)17-11-4-1-5-12-17/h2,6-9,13H,1,3-5,10-12H2. The predicted molar refractivity (Wildman–Crippen MR) is 76.9 cm³/mol. The molecule has 1 aliphatic rings. The maximum absolute atomic E-state index is 5.66. The van der Waals surface area contributed by atoms with Crippen molar-refractivity contribution in [3.8, 4) is 0 Å². The van der Waals surface area contributed by atoms with Crippen LogP contribution in [0.4, 0.5) is 5.69 Å². The molecule has 1 nitrogen and oxygen atoms in total. The highest BCUT2D eigenvalue weighted by Gasteiger charge is 2.10. The number of hydrogen-bond acceptors (Lipinski definition) is 1. The molecule has 1 aromatic rings. The van der Waals surface area contributed by atoms with Crippen LogP contribution in [0, 0.1) is 0 Å².